The molecule has 1 aromatic heterocycles. The van der Waals surface area contributed by atoms with E-state index in [9.17, 15) is 4.79 Å². The van der Waals surface area contributed by atoms with Gasteiger partial charge in [0.15, 0.2) is 0 Å². The van der Waals surface area contributed by atoms with Crippen LogP contribution in [0.25, 0.3) is 22.0 Å². The summed E-state index contributed by atoms with van der Waals surface area (Å²) in [6.45, 7) is 0. The average molecular weight is 278 g/mol. The third-order valence-corrected chi connectivity index (χ3v) is 3.39. The molecule has 0 amide bonds. The summed E-state index contributed by atoms with van der Waals surface area (Å²) in [6.07, 6.45) is 1.70. The molecule has 0 spiro atoms. The second kappa shape index (κ2) is 5.25. The smallest absolute Gasteiger partial charge is 0.307 e. The number of benzene rings is 2. The third-order valence-electron chi connectivity index (χ3n) is 3.39. The van der Waals surface area contributed by atoms with Crippen molar-refractivity contribution in [1.29, 1.82) is 0 Å². The molecule has 1 heterocycles. The first kappa shape index (κ1) is 13.1. The SMILES string of the molecule is Nc1ccnc2ccc(-c3cccc(CC(=O)O)c3)cc12. The van der Waals surface area contributed by atoms with E-state index in [-0.39, 0.29) is 6.42 Å². The maximum Gasteiger partial charge on any atom is 0.307 e. The summed E-state index contributed by atoms with van der Waals surface area (Å²) in [6, 6.07) is 15.2. The number of aliphatic carboxylic acids is 1. The zero-order valence-electron chi connectivity index (χ0n) is 11.3. The van der Waals surface area contributed by atoms with E-state index in [1.807, 2.05) is 42.5 Å². The first-order chi connectivity index (χ1) is 10.1. The highest BCUT2D eigenvalue weighted by Crippen LogP contribution is 2.27. The lowest BCUT2D eigenvalue weighted by atomic mass is 10.00. The average Bonchev–Trinajstić information content (AvgIpc) is 2.47. The van der Waals surface area contributed by atoms with Crippen molar-refractivity contribution in [2.45, 2.75) is 6.42 Å². The summed E-state index contributed by atoms with van der Waals surface area (Å²) in [4.78, 5) is 15.1. The van der Waals surface area contributed by atoms with E-state index in [0.29, 0.717) is 5.69 Å². The lowest BCUT2D eigenvalue weighted by molar-refractivity contribution is -0.136. The van der Waals surface area contributed by atoms with Crippen molar-refractivity contribution in [3.05, 3.63) is 60.3 Å². The fraction of sp³-hybridized carbons (Fsp3) is 0.0588. The molecule has 0 aliphatic rings. The normalized spacial score (nSPS) is 10.7. The number of nitrogens with two attached hydrogens (primary N) is 1. The zero-order chi connectivity index (χ0) is 14.8. The largest absolute Gasteiger partial charge is 0.481 e. The molecule has 0 bridgehead atoms. The third kappa shape index (κ3) is 2.69. The lowest BCUT2D eigenvalue weighted by Crippen LogP contribution is -1.99. The van der Waals surface area contributed by atoms with E-state index in [4.69, 9.17) is 10.8 Å². The molecule has 3 aromatic rings. The molecule has 0 unspecified atom stereocenters. The van der Waals surface area contributed by atoms with Gasteiger partial charge in [0.1, 0.15) is 0 Å². The standard InChI is InChI=1S/C17H14N2O2/c18-15-6-7-19-16-5-4-13(10-14(15)16)12-3-1-2-11(8-12)9-17(20)21/h1-8,10H,9H2,(H2,18,19)(H,20,21). The van der Waals surface area contributed by atoms with E-state index in [1.54, 1.807) is 12.3 Å². The monoisotopic (exact) mass is 278 g/mol. The summed E-state index contributed by atoms with van der Waals surface area (Å²) in [7, 11) is 0. The van der Waals surface area contributed by atoms with Crippen LogP contribution in [0.3, 0.4) is 0 Å². The van der Waals surface area contributed by atoms with Crippen LogP contribution in [-0.2, 0) is 11.2 Å². The minimum absolute atomic E-state index is 0.0190. The van der Waals surface area contributed by atoms with Crippen LogP contribution in [0, 0.1) is 0 Å². The Balaban J connectivity index is 2.08. The highest BCUT2D eigenvalue weighted by atomic mass is 16.4. The van der Waals surface area contributed by atoms with Gasteiger partial charge in [0.2, 0.25) is 0 Å². The van der Waals surface area contributed by atoms with Gasteiger partial charge in [-0.3, -0.25) is 9.78 Å². The molecule has 3 rings (SSSR count). The van der Waals surface area contributed by atoms with Crippen LogP contribution in [0.2, 0.25) is 0 Å². The van der Waals surface area contributed by atoms with Gasteiger partial charge < -0.3 is 10.8 Å². The van der Waals surface area contributed by atoms with Gasteiger partial charge in [-0.1, -0.05) is 30.3 Å². The molecule has 104 valence electrons. The molecule has 0 aliphatic carbocycles. The van der Waals surface area contributed by atoms with Crippen LogP contribution in [0.4, 0.5) is 5.69 Å². The summed E-state index contributed by atoms with van der Waals surface area (Å²) < 4.78 is 0. The van der Waals surface area contributed by atoms with Crippen LogP contribution in [0.1, 0.15) is 5.56 Å². The highest BCUT2D eigenvalue weighted by molar-refractivity contribution is 5.93. The van der Waals surface area contributed by atoms with Gasteiger partial charge in [0.05, 0.1) is 11.9 Å². The molecule has 2 aromatic carbocycles. The Bertz CT molecular complexity index is 828. The van der Waals surface area contributed by atoms with Crippen LogP contribution >= 0.6 is 0 Å². The summed E-state index contributed by atoms with van der Waals surface area (Å²) in [5.74, 6) is -0.834. The number of hydrogen-bond donors (Lipinski definition) is 2. The first-order valence-electron chi connectivity index (χ1n) is 6.59. The Hall–Kier alpha value is -2.88. The number of rotatable bonds is 3. The molecule has 0 saturated carbocycles. The van der Waals surface area contributed by atoms with Gasteiger partial charge >= 0.3 is 5.97 Å². The van der Waals surface area contributed by atoms with Gasteiger partial charge in [0.25, 0.3) is 0 Å². The van der Waals surface area contributed by atoms with Crippen molar-refractivity contribution in [2.24, 2.45) is 0 Å². The Morgan fingerprint density at radius 1 is 1.10 bits per heavy atom. The van der Waals surface area contributed by atoms with Gasteiger partial charge in [-0.15, -0.1) is 0 Å². The summed E-state index contributed by atoms with van der Waals surface area (Å²) in [5.41, 5.74) is 10.3. The molecular weight excluding hydrogens is 264 g/mol. The number of aromatic nitrogens is 1. The number of nitrogen functional groups attached to an aromatic ring is 1. The van der Waals surface area contributed by atoms with Crippen LogP contribution in [-0.4, -0.2) is 16.1 Å². The summed E-state index contributed by atoms with van der Waals surface area (Å²) >= 11 is 0. The minimum Gasteiger partial charge on any atom is -0.481 e. The maximum absolute atomic E-state index is 10.8. The molecule has 4 nitrogen and oxygen atoms in total. The fourth-order valence-corrected chi connectivity index (χ4v) is 2.38. The number of fused-ring (bicyclic) bond motifs is 1. The quantitative estimate of drug-likeness (QED) is 0.771. The Kier molecular flexibility index (Phi) is 3.28. The number of carboxylic acid groups (broad SMARTS) is 1. The molecule has 4 heteroatoms. The fourth-order valence-electron chi connectivity index (χ4n) is 2.38. The van der Waals surface area contributed by atoms with Gasteiger partial charge in [-0.25, -0.2) is 0 Å². The minimum atomic E-state index is -0.834. The predicted octanol–water partition coefficient (Wildman–Crippen LogP) is 3.11. The maximum atomic E-state index is 10.8. The van der Waals surface area contributed by atoms with Crippen molar-refractivity contribution < 1.29 is 9.90 Å². The molecular formula is C17H14N2O2. The van der Waals surface area contributed by atoms with Gasteiger partial charge in [-0.05, 0) is 34.9 Å². The van der Waals surface area contributed by atoms with Crippen LogP contribution in [0.5, 0.6) is 0 Å². The molecule has 21 heavy (non-hydrogen) atoms. The lowest BCUT2D eigenvalue weighted by Gasteiger charge is -2.07. The van der Waals surface area contributed by atoms with E-state index in [2.05, 4.69) is 4.98 Å². The Labute approximate surface area is 121 Å². The molecule has 0 atom stereocenters. The first-order valence-corrected chi connectivity index (χ1v) is 6.59. The van der Waals surface area contributed by atoms with E-state index >= 15 is 0 Å². The van der Waals surface area contributed by atoms with E-state index < -0.39 is 5.97 Å². The second-order valence-corrected chi connectivity index (χ2v) is 4.90. The van der Waals surface area contributed by atoms with Gasteiger partial charge in [0, 0.05) is 17.3 Å². The van der Waals surface area contributed by atoms with Crippen molar-refractivity contribution in [3.8, 4) is 11.1 Å². The number of pyridine rings is 1. The van der Waals surface area contributed by atoms with Crippen LogP contribution < -0.4 is 5.73 Å². The second-order valence-electron chi connectivity index (χ2n) is 4.90. The zero-order valence-corrected chi connectivity index (χ0v) is 11.3. The molecule has 0 saturated heterocycles. The number of carbonyl (C=O) groups is 1. The predicted molar refractivity (Wildman–Crippen MR) is 82.9 cm³/mol. The van der Waals surface area contributed by atoms with E-state index in [0.717, 1.165) is 27.6 Å². The highest BCUT2D eigenvalue weighted by Gasteiger charge is 2.05. The van der Waals surface area contributed by atoms with Crippen molar-refractivity contribution in [1.82, 2.24) is 4.98 Å². The van der Waals surface area contributed by atoms with Crippen LogP contribution in [0.15, 0.2) is 54.7 Å². The van der Waals surface area contributed by atoms with Gasteiger partial charge in [-0.2, -0.15) is 0 Å². The summed E-state index contributed by atoms with van der Waals surface area (Å²) in [5, 5.41) is 9.78. The topological polar surface area (TPSA) is 76.2 Å². The molecule has 0 radical (unpaired) electrons. The Morgan fingerprint density at radius 3 is 2.71 bits per heavy atom. The molecule has 0 fully saturated rings. The van der Waals surface area contributed by atoms with Crippen molar-refractivity contribution in [2.75, 3.05) is 5.73 Å². The van der Waals surface area contributed by atoms with E-state index in [1.165, 1.54) is 0 Å². The number of anilines is 1. The Morgan fingerprint density at radius 2 is 1.90 bits per heavy atom. The number of hydrogen-bond acceptors (Lipinski definition) is 3. The number of carboxylic acids is 1. The molecule has 0 aliphatic heterocycles. The molecule has 3 N–H and O–H groups in total. The van der Waals surface area contributed by atoms with Crippen molar-refractivity contribution >= 4 is 22.6 Å². The van der Waals surface area contributed by atoms with Crippen molar-refractivity contribution in [3.63, 3.8) is 0 Å². The number of nitrogens with zero attached hydrogens (tertiary/aromatic N) is 1.